The number of Topliss-reactive ketones (excluding diaryl/α,β-unsaturated/α-hetero) is 1. The first-order valence-electron chi connectivity index (χ1n) is 9.94. The van der Waals surface area contributed by atoms with Gasteiger partial charge in [-0.05, 0) is 38.1 Å². The van der Waals surface area contributed by atoms with Crippen molar-refractivity contribution in [3.63, 3.8) is 0 Å². The molecule has 0 bridgehead atoms. The van der Waals surface area contributed by atoms with Crippen molar-refractivity contribution in [2.24, 2.45) is 0 Å². The highest BCUT2D eigenvalue weighted by Crippen LogP contribution is 2.34. The summed E-state index contributed by atoms with van der Waals surface area (Å²) in [6.07, 6.45) is 2.96. The Kier molecular flexibility index (Phi) is 5.91. The molecule has 0 fully saturated rings. The number of aromatic nitrogens is 2. The number of fused-ring (bicyclic) bond motifs is 1. The SMILES string of the molecule is CC(=O)CCn1cc(Cl)c2c(OCCc3nc(-c4ccccc4)oc3C)cccc21. The maximum absolute atomic E-state index is 11.3. The number of aryl methyl sites for hydroxylation is 2. The Labute approximate surface area is 180 Å². The van der Waals surface area contributed by atoms with Gasteiger partial charge in [0.2, 0.25) is 5.89 Å². The van der Waals surface area contributed by atoms with E-state index < -0.39 is 0 Å². The van der Waals surface area contributed by atoms with Crippen molar-refractivity contribution in [3.05, 3.63) is 71.2 Å². The van der Waals surface area contributed by atoms with Crippen molar-refractivity contribution < 1.29 is 13.9 Å². The van der Waals surface area contributed by atoms with Crippen molar-refractivity contribution >= 4 is 28.3 Å². The van der Waals surface area contributed by atoms with Crippen molar-refractivity contribution in [1.29, 1.82) is 0 Å². The molecule has 30 heavy (non-hydrogen) atoms. The Balaban J connectivity index is 1.48. The lowest BCUT2D eigenvalue weighted by Crippen LogP contribution is -2.03. The highest BCUT2D eigenvalue weighted by Gasteiger charge is 2.14. The van der Waals surface area contributed by atoms with E-state index in [1.165, 1.54) is 0 Å². The van der Waals surface area contributed by atoms with E-state index in [1.54, 1.807) is 6.92 Å². The minimum atomic E-state index is 0.151. The van der Waals surface area contributed by atoms with E-state index in [0.717, 1.165) is 33.7 Å². The van der Waals surface area contributed by atoms with Crippen LogP contribution in [0.4, 0.5) is 0 Å². The molecule has 6 heteroatoms. The van der Waals surface area contributed by atoms with Crippen LogP contribution in [0.3, 0.4) is 0 Å². The molecule has 154 valence electrons. The molecule has 2 heterocycles. The van der Waals surface area contributed by atoms with E-state index in [-0.39, 0.29) is 5.78 Å². The summed E-state index contributed by atoms with van der Waals surface area (Å²) in [7, 11) is 0. The number of oxazole rings is 1. The highest BCUT2D eigenvalue weighted by atomic mass is 35.5. The topological polar surface area (TPSA) is 57.3 Å². The normalized spacial score (nSPS) is 11.2. The third-order valence-corrected chi connectivity index (χ3v) is 5.32. The zero-order valence-corrected chi connectivity index (χ0v) is 17.8. The number of hydrogen-bond acceptors (Lipinski definition) is 4. The van der Waals surface area contributed by atoms with Gasteiger partial charge in [-0.2, -0.15) is 0 Å². The molecule has 0 amide bonds. The molecular formula is C24H23ClN2O3. The molecule has 0 saturated carbocycles. The lowest BCUT2D eigenvalue weighted by molar-refractivity contribution is -0.117. The quantitative estimate of drug-likeness (QED) is 0.357. The molecule has 2 aromatic heterocycles. The summed E-state index contributed by atoms with van der Waals surface area (Å²) in [6, 6.07) is 15.7. The number of carbonyl (C=O) groups excluding carboxylic acids is 1. The van der Waals surface area contributed by atoms with E-state index in [2.05, 4.69) is 4.98 Å². The molecule has 0 aliphatic heterocycles. The number of ether oxygens (including phenoxy) is 1. The van der Waals surface area contributed by atoms with E-state index >= 15 is 0 Å². The molecule has 0 radical (unpaired) electrons. The average Bonchev–Trinajstić information content (AvgIpc) is 3.27. The van der Waals surface area contributed by atoms with Gasteiger partial charge in [-0.3, -0.25) is 4.79 Å². The predicted molar refractivity (Wildman–Crippen MR) is 118 cm³/mol. The van der Waals surface area contributed by atoms with Crippen molar-refractivity contribution in [2.45, 2.75) is 33.2 Å². The standard InChI is InChI=1S/C24H23ClN2O3/c1-16(28)11-13-27-15-19(25)23-21(27)9-6-10-22(23)29-14-12-20-17(2)30-24(26-20)18-7-4-3-5-8-18/h3-10,15H,11-14H2,1-2H3. The Hall–Kier alpha value is -3.05. The Morgan fingerprint density at radius 2 is 1.97 bits per heavy atom. The molecule has 4 aromatic rings. The first-order valence-corrected chi connectivity index (χ1v) is 10.3. The number of halogens is 1. The summed E-state index contributed by atoms with van der Waals surface area (Å²) in [5.74, 6) is 2.29. The molecular weight excluding hydrogens is 400 g/mol. The second kappa shape index (κ2) is 8.76. The van der Waals surface area contributed by atoms with Gasteiger partial charge in [0.1, 0.15) is 17.3 Å². The van der Waals surface area contributed by atoms with Crippen LogP contribution >= 0.6 is 11.6 Å². The minimum absolute atomic E-state index is 0.151. The van der Waals surface area contributed by atoms with Crippen LogP contribution in [-0.2, 0) is 17.8 Å². The van der Waals surface area contributed by atoms with Crippen LogP contribution in [0.1, 0.15) is 24.8 Å². The molecule has 0 saturated heterocycles. The first-order chi connectivity index (χ1) is 14.5. The van der Waals surface area contributed by atoms with Gasteiger partial charge in [-0.15, -0.1) is 0 Å². The molecule has 2 aromatic carbocycles. The summed E-state index contributed by atoms with van der Waals surface area (Å²) in [4.78, 5) is 16.0. The summed E-state index contributed by atoms with van der Waals surface area (Å²) in [6.45, 7) is 4.57. The second-order valence-electron chi connectivity index (χ2n) is 7.26. The summed E-state index contributed by atoms with van der Waals surface area (Å²) < 4.78 is 13.9. The average molecular weight is 423 g/mol. The van der Waals surface area contributed by atoms with E-state index in [0.29, 0.717) is 36.9 Å². The number of benzene rings is 2. The fraction of sp³-hybridized carbons (Fsp3) is 0.250. The van der Waals surface area contributed by atoms with Crippen molar-refractivity contribution in [1.82, 2.24) is 9.55 Å². The highest BCUT2D eigenvalue weighted by molar-refractivity contribution is 6.36. The smallest absolute Gasteiger partial charge is 0.226 e. The fourth-order valence-electron chi connectivity index (χ4n) is 3.47. The van der Waals surface area contributed by atoms with Crippen LogP contribution in [0.2, 0.25) is 5.02 Å². The lowest BCUT2D eigenvalue weighted by Gasteiger charge is -2.08. The Bertz CT molecular complexity index is 1180. The zero-order valence-electron chi connectivity index (χ0n) is 17.0. The number of rotatable bonds is 8. The van der Waals surface area contributed by atoms with Gasteiger partial charge in [0.15, 0.2) is 0 Å². The predicted octanol–water partition coefficient (Wildman–Crippen LogP) is 5.86. The monoisotopic (exact) mass is 422 g/mol. The largest absolute Gasteiger partial charge is 0.492 e. The third-order valence-electron chi connectivity index (χ3n) is 5.04. The summed E-state index contributed by atoms with van der Waals surface area (Å²) in [5.41, 5.74) is 2.80. The van der Waals surface area contributed by atoms with Gasteiger partial charge < -0.3 is 13.7 Å². The first kappa shape index (κ1) is 20.2. The molecule has 5 nitrogen and oxygen atoms in total. The van der Waals surface area contributed by atoms with Crippen LogP contribution < -0.4 is 4.74 Å². The Morgan fingerprint density at radius 1 is 1.17 bits per heavy atom. The summed E-state index contributed by atoms with van der Waals surface area (Å²) >= 11 is 6.48. The van der Waals surface area contributed by atoms with Crippen LogP contribution in [0.25, 0.3) is 22.4 Å². The van der Waals surface area contributed by atoms with Gasteiger partial charge >= 0.3 is 0 Å². The lowest BCUT2D eigenvalue weighted by atomic mass is 10.2. The number of nitrogens with zero attached hydrogens (tertiary/aromatic N) is 2. The van der Waals surface area contributed by atoms with Crippen LogP contribution in [0.5, 0.6) is 5.75 Å². The maximum Gasteiger partial charge on any atom is 0.226 e. The minimum Gasteiger partial charge on any atom is -0.492 e. The molecule has 0 aliphatic carbocycles. The molecule has 0 atom stereocenters. The Morgan fingerprint density at radius 3 is 2.73 bits per heavy atom. The maximum atomic E-state index is 11.3. The van der Waals surface area contributed by atoms with Crippen molar-refractivity contribution in [2.75, 3.05) is 6.61 Å². The van der Waals surface area contributed by atoms with E-state index in [1.807, 2.05) is 66.2 Å². The molecule has 0 aliphatic rings. The second-order valence-corrected chi connectivity index (χ2v) is 7.67. The zero-order chi connectivity index (χ0) is 21.1. The van der Waals surface area contributed by atoms with Crippen molar-refractivity contribution in [3.8, 4) is 17.2 Å². The molecule has 0 N–H and O–H groups in total. The van der Waals surface area contributed by atoms with Crippen LogP contribution in [0, 0.1) is 6.92 Å². The number of ketones is 1. The fourth-order valence-corrected chi connectivity index (χ4v) is 3.78. The van der Waals surface area contributed by atoms with Gasteiger partial charge in [0.25, 0.3) is 0 Å². The molecule has 0 unspecified atom stereocenters. The van der Waals surface area contributed by atoms with Gasteiger partial charge in [-0.1, -0.05) is 35.9 Å². The van der Waals surface area contributed by atoms with E-state index in [9.17, 15) is 4.79 Å². The van der Waals surface area contributed by atoms with Gasteiger partial charge in [-0.25, -0.2) is 4.98 Å². The van der Waals surface area contributed by atoms with Gasteiger partial charge in [0, 0.05) is 31.1 Å². The summed E-state index contributed by atoms with van der Waals surface area (Å²) in [5, 5.41) is 1.48. The molecule has 4 rings (SSSR count). The van der Waals surface area contributed by atoms with Gasteiger partial charge in [0.05, 0.1) is 28.2 Å². The van der Waals surface area contributed by atoms with E-state index in [4.69, 9.17) is 20.8 Å². The van der Waals surface area contributed by atoms with Crippen LogP contribution in [0.15, 0.2) is 59.1 Å². The number of carbonyl (C=O) groups is 1. The third kappa shape index (κ3) is 4.26. The molecule has 0 spiro atoms. The van der Waals surface area contributed by atoms with Crippen LogP contribution in [-0.4, -0.2) is 21.9 Å². The number of hydrogen-bond donors (Lipinski definition) is 0.